The van der Waals surface area contributed by atoms with Gasteiger partial charge in [0.1, 0.15) is 5.69 Å². The molecule has 4 aromatic rings. The summed E-state index contributed by atoms with van der Waals surface area (Å²) >= 11 is 7.74. The molecule has 0 saturated carbocycles. The van der Waals surface area contributed by atoms with E-state index in [0.29, 0.717) is 29.4 Å². The topological polar surface area (TPSA) is 94.2 Å². The van der Waals surface area contributed by atoms with Crippen LogP contribution in [0.5, 0.6) is 0 Å². The number of thiazole rings is 1. The molecule has 0 bridgehead atoms. The molecule has 10 heteroatoms. The molecule has 1 fully saturated rings. The molecule has 0 aliphatic carbocycles. The van der Waals surface area contributed by atoms with Gasteiger partial charge >= 0.3 is 0 Å². The first kappa shape index (κ1) is 20.6. The predicted octanol–water partition coefficient (Wildman–Crippen LogP) is 5.06. The predicted molar refractivity (Wildman–Crippen MR) is 123 cm³/mol. The zero-order valence-electron chi connectivity index (χ0n) is 16.8. The molecular formula is C22H18ClN5O3S. The van der Waals surface area contributed by atoms with E-state index in [9.17, 15) is 14.9 Å². The highest BCUT2D eigenvalue weighted by molar-refractivity contribution is 7.18. The van der Waals surface area contributed by atoms with Crippen molar-refractivity contribution in [2.45, 2.75) is 18.8 Å². The third-order valence-corrected chi connectivity index (χ3v) is 7.13. The average molecular weight is 468 g/mol. The molecule has 32 heavy (non-hydrogen) atoms. The lowest BCUT2D eigenvalue weighted by Crippen LogP contribution is -2.37. The fourth-order valence-corrected chi connectivity index (χ4v) is 5.31. The summed E-state index contributed by atoms with van der Waals surface area (Å²) in [5, 5.41) is 13.3. The van der Waals surface area contributed by atoms with Crippen LogP contribution in [0.4, 0.5) is 5.69 Å². The maximum absolute atomic E-state index is 13.1. The first-order valence-corrected chi connectivity index (χ1v) is 11.3. The summed E-state index contributed by atoms with van der Waals surface area (Å²) in [6.45, 7) is 1.16. The quantitative estimate of drug-likeness (QED) is 0.308. The Bertz CT molecular complexity index is 1310. The zero-order valence-corrected chi connectivity index (χ0v) is 18.4. The number of hydrogen-bond acceptors (Lipinski definition) is 6. The molecule has 0 radical (unpaired) electrons. The number of benzene rings is 2. The van der Waals surface area contributed by atoms with Gasteiger partial charge in [-0.05, 0) is 43.2 Å². The van der Waals surface area contributed by atoms with E-state index in [-0.39, 0.29) is 17.5 Å². The molecule has 0 atom stereocenters. The number of nitro benzene ring substituents is 1. The van der Waals surface area contributed by atoms with Gasteiger partial charge in [-0.1, -0.05) is 11.6 Å². The van der Waals surface area contributed by atoms with Gasteiger partial charge in [-0.2, -0.15) is 0 Å². The maximum atomic E-state index is 13.1. The number of amides is 1. The third-order valence-electron chi connectivity index (χ3n) is 5.70. The van der Waals surface area contributed by atoms with Gasteiger partial charge < -0.3 is 9.47 Å². The number of rotatable bonds is 4. The molecule has 1 aliphatic heterocycles. The van der Waals surface area contributed by atoms with Crippen LogP contribution in [0, 0.1) is 10.1 Å². The molecule has 162 valence electrons. The first-order valence-electron chi connectivity index (χ1n) is 10.1. The lowest BCUT2D eigenvalue weighted by molar-refractivity contribution is -0.384. The highest BCUT2D eigenvalue weighted by atomic mass is 35.5. The van der Waals surface area contributed by atoms with Crippen molar-refractivity contribution in [1.82, 2.24) is 19.4 Å². The van der Waals surface area contributed by atoms with Gasteiger partial charge in [-0.3, -0.25) is 14.9 Å². The number of hydrogen-bond donors (Lipinski definition) is 0. The van der Waals surface area contributed by atoms with E-state index in [0.717, 1.165) is 28.1 Å². The van der Waals surface area contributed by atoms with Crippen LogP contribution in [0.3, 0.4) is 0 Å². The summed E-state index contributed by atoms with van der Waals surface area (Å²) in [5.74, 6) is 0.0907. The number of nitro groups is 1. The largest absolute Gasteiger partial charge is 0.339 e. The monoisotopic (exact) mass is 467 g/mol. The summed E-state index contributed by atoms with van der Waals surface area (Å²) in [5.41, 5.74) is 1.46. The Morgan fingerprint density at radius 3 is 2.72 bits per heavy atom. The molecule has 1 aliphatic rings. The normalized spacial score (nSPS) is 14.7. The van der Waals surface area contributed by atoms with Crippen molar-refractivity contribution in [2.24, 2.45) is 0 Å². The molecule has 1 saturated heterocycles. The van der Waals surface area contributed by atoms with Gasteiger partial charge in [-0.15, -0.1) is 11.3 Å². The van der Waals surface area contributed by atoms with Crippen molar-refractivity contribution in [3.63, 3.8) is 0 Å². The van der Waals surface area contributed by atoms with Crippen molar-refractivity contribution >= 4 is 44.7 Å². The number of fused-ring (bicyclic) bond motifs is 1. The number of nitrogens with zero attached hydrogens (tertiary/aromatic N) is 5. The van der Waals surface area contributed by atoms with Gasteiger partial charge in [0, 0.05) is 48.1 Å². The van der Waals surface area contributed by atoms with E-state index in [1.54, 1.807) is 45.3 Å². The van der Waals surface area contributed by atoms with Gasteiger partial charge in [-0.25, -0.2) is 9.97 Å². The maximum Gasteiger partial charge on any atom is 0.294 e. The Hall–Kier alpha value is -3.30. The van der Waals surface area contributed by atoms with Crippen LogP contribution in [-0.4, -0.2) is 43.4 Å². The standard InChI is InChI=1S/C22H18ClN5O3S/c23-16-2-4-20-17(12-16)25-21(32-20)14-5-8-26(9-6-14)22(29)15-1-3-18(19(11-15)28(30)31)27-10-7-24-13-27/h1-4,7,10-14H,5-6,8-9H2. The van der Waals surface area contributed by atoms with Crippen molar-refractivity contribution in [1.29, 1.82) is 0 Å². The van der Waals surface area contributed by atoms with Crippen LogP contribution in [0.15, 0.2) is 55.1 Å². The van der Waals surface area contributed by atoms with Crippen molar-refractivity contribution in [3.8, 4) is 5.69 Å². The Kier molecular flexibility index (Phi) is 5.36. The first-order chi connectivity index (χ1) is 15.5. The summed E-state index contributed by atoms with van der Waals surface area (Å²) in [4.78, 5) is 34.6. The summed E-state index contributed by atoms with van der Waals surface area (Å²) in [6, 6.07) is 10.3. The number of aromatic nitrogens is 3. The lowest BCUT2D eigenvalue weighted by Gasteiger charge is -2.31. The van der Waals surface area contributed by atoms with E-state index in [1.165, 1.54) is 12.4 Å². The fourth-order valence-electron chi connectivity index (χ4n) is 4.03. The Morgan fingerprint density at radius 2 is 2.00 bits per heavy atom. The Labute approximate surface area is 192 Å². The molecule has 2 aromatic carbocycles. The van der Waals surface area contributed by atoms with E-state index >= 15 is 0 Å². The van der Waals surface area contributed by atoms with Crippen LogP contribution in [0.2, 0.25) is 5.02 Å². The molecule has 8 nitrogen and oxygen atoms in total. The number of carbonyl (C=O) groups excluding carboxylic acids is 1. The summed E-state index contributed by atoms with van der Waals surface area (Å²) in [6.07, 6.45) is 6.27. The van der Waals surface area contributed by atoms with Crippen LogP contribution in [0.1, 0.15) is 34.1 Å². The molecule has 3 heterocycles. The van der Waals surface area contributed by atoms with E-state index in [1.807, 2.05) is 18.2 Å². The summed E-state index contributed by atoms with van der Waals surface area (Å²) in [7, 11) is 0. The molecule has 0 unspecified atom stereocenters. The molecule has 2 aromatic heterocycles. The second kappa shape index (κ2) is 8.33. The number of imidazole rings is 1. The van der Waals surface area contributed by atoms with Crippen molar-refractivity contribution in [2.75, 3.05) is 13.1 Å². The van der Waals surface area contributed by atoms with Gasteiger partial charge in [0.25, 0.3) is 11.6 Å². The van der Waals surface area contributed by atoms with E-state index in [2.05, 4.69) is 4.98 Å². The SMILES string of the molecule is O=C(c1ccc(-n2ccnc2)c([N+](=O)[O-])c1)N1CCC(c2nc3cc(Cl)ccc3s2)CC1. The van der Waals surface area contributed by atoms with Crippen LogP contribution < -0.4 is 0 Å². The van der Waals surface area contributed by atoms with Crippen molar-refractivity contribution in [3.05, 3.63) is 80.8 Å². The Balaban J connectivity index is 1.31. The van der Waals surface area contributed by atoms with Crippen LogP contribution in [-0.2, 0) is 0 Å². The highest BCUT2D eigenvalue weighted by Gasteiger charge is 2.28. The number of carbonyl (C=O) groups is 1. The van der Waals surface area contributed by atoms with Gasteiger partial charge in [0.15, 0.2) is 0 Å². The molecular weight excluding hydrogens is 450 g/mol. The third kappa shape index (κ3) is 3.85. The molecule has 5 rings (SSSR count). The number of piperidine rings is 1. The van der Waals surface area contributed by atoms with Crippen LogP contribution in [0.25, 0.3) is 15.9 Å². The Morgan fingerprint density at radius 1 is 1.19 bits per heavy atom. The minimum absolute atomic E-state index is 0.128. The second-order valence-electron chi connectivity index (χ2n) is 7.66. The minimum Gasteiger partial charge on any atom is -0.339 e. The van der Waals surface area contributed by atoms with E-state index in [4.69, 9.17) is 16.6 Å². The fraction of sp³-hybridized carbons (Fsp3) is 0.227. The minimum atomic E-state index is -0.474. The second-order valence-corrected chi connectivity index (χ2v) is 9.16. The van der Waals surface area contributed by atoms with Gasteiger partial charge in [0.05, 0.1) is 26.5 Å². The van der Waals surface area contributed by atoms with Crippen LogP contribution >= 0.6 is 22.9 Å². The average Bonchev–Trinajstić information content (AvgIpc) is 3.48. The molecule has 0 spiro atoms. The number of likely N-dealkylation sites (tertiary alicyclic amines) is 1. The number of halogens is 1. The van der Waals surface area contributed by atoms with Gasteiger partial charge in [0.2, 0.25) is 0 Å². The zero-order chi connectivity index (χ0) is 22.2. The molecule has 0 N–H and O–H groups in total. The summed E-state index contributed by atoms with van der Waals surface area (Å²) < 4.78 is 2.66. The smallest absolute Gasteiger partial charge is 0.294 e. The highest BCUT2D eigenvalue weighted by Crippen LogP contribution is 2.35. The lowest BCUT2D eigenvalue weighted by atomic mass is 9.97. The van der Waals surface area contributed by atoms with E-state index < -0.39 is 4.92 Å². The van der Waals surface area contributed by atoms with Crippen molar-refractivity contribution < 1.29 is 9.72 Å². The molecule has 1 amide bonds.